The van der Waals surface area contributed by atoms with Crippen molar-refractivity contribution in [3.8, 4) is 11.8 Å². The molecule has 3 N–H and O–H groups in total. The van der Waals surface area contributed by atoms with Crippen molar-refractivity contribution in [3.05, 3.63) is 23.9 Å². The van der Waals surface area contributed by atoms with Gasteiger partial charge in [0.1, 0.15) is 12.4 Å². The van der Waals surface area contributed by atoms with Gasteiger partial charge in [-0.3, -0.25) is 4.72 Å². The molecule has 0 atom stereocenters. The van der Waals surface area contributed by atoms with Gasteiger partial charge in [0.15, 0.2) is 0 Å². The highest BCUT2D eigenvalue weighted by Gasteiger charge is 2.29. The van der Waals surface area contributed by atoms with Crippen LogP contribution in [-0.4, -0.2) is 37.8 Å². The summed E-state index contributed by atoms with van der Waals surface area (Å²) >= 11 is 0. The van der Waals surface area contributed by atoms with Gasteiger partial charge in [-0.25, -0.2) is 4.98 Å². The highest BCUT2D eigenvalue weighted by Crippen LogP contribution is 2.13. The van der Waals surface area contributed by atoms with Crippen LogP contribution in [0.2, 0.25) is 0 Å². The summed E-state index contributed by atoms with van der Waals surface area (Å²) in [6.45, 7) is -1.79. The van der Waals surface area contributed by atoms with Crippen LogP contribution in [0.1, 0.15) is 12.0 Å². The molecule has 0 saturated carbocycles. The van der Waals surface area contributed by atoms with E-state index in [-0.39, 0.29) is 18.8 Å². The monoisotopic (exact) mass is 323 g/mol. The number of anilines is 1. The Morgan fingerprint density at radius 3 is 2.71 bits per heavy atom. The quantitative estimate of drug-likeness (QED) is 0.693. The van der Waals surface area contributed by atoms with Crippen LogP contribution in [0.15, 0.2) is 18.3 Å². The Bertz CT molecular complexity index is 635. The van der Waals surface area contributed by atoms with Gasteiger partial charge in [0.25, 0.3) is 0 Å². The van der Waals surface area contributed by atoms with Crippen LogP contribution in [0.3, 0.4) is 0 Å². The zero-order valence-electron chi connectivity index (χ0n) is 10.6. The second-order valence-electron chi connectivity index (χ2n) is 3.75. The molecule has 0 fully saturated rings. The van der Waals surface area contributed by atoms with E-state index >= 15 is 0 Å². The number of pyridine rings is 1. The van der Waals surface area contributed by atoms with Gasteiger partial charge in [-0.15, -0.1) is 0 Å². The number of nitrogens with zero attached hydrogens (tertiary/aromatic N) is 1. The number of hydrogen-bond acceptors (Lipinski definition) is 4. The first-order valence-corrected chi connectivity index (χ1v) is 7.10. The molecule has 0 aliphatic carbocycles. The minimum atomic E-state index is -4.65. The third-order valence-electron chi connectivity index (χ3n) is 1.93. The first kappa shape index (κ1) is 17.2. The molecule has 0 unspecified atom stereocenters. The van der Waals surface area contributed by atoms with E-state index < -0.39 is 22.9 Å². The summed E-state index contributed by atoms with van der Waals surface area (Å²) in [5, 5.41) is 8.57. The number of alkyl halides is 3. The summed E-state index contributed by atoms with van der Waals surface area (Å²) < 4.78 is 61.8. The SMILES string of the molecule is O=S(=O)(NCC(F)(F)F)Nc1cc(C#CCCO)ccn1. The molecule has 0 radical (unpaired) electrons. The Morgan fingerprint density at radius 2 is 2.10 bits per heavy atom. The van der Waals surface area contributed by atoms with Crippen LogP contribution in [-0.2, 0) is 10.2 Å². The molecule has 0 saturated heterocycles. The van der Waals surface area contributed by atoms with Gasteiger partial charge < -0.3 is 5.11 Å². The normalized spacial score (nSPS) is 11.6. The van der Waals surface area contributed by atoms with E-state index in [2.05, 4.69) is 16.8 Å². The predicted octanol–water partition coefficient (Wildman–Crippen LogP) is 0.624. The summed E-state index contributed by atoms with van der Waals surface area (Å²) in [6.07, 6.45) is -3.15. The molecule has 1 rings (SSSR count). The smallest absolute Gasteiger partial charge is 0.395 e. The fourth-order valence-electron chi connectivity index (χ4n) is 1.14. The van der Waals surface area contributed by atoms with Gasteiger partial charge in [0, 0.05) is 18.2 Å². The molecule has 0 aliphatic heterocycles. The third-order valence-corrected chi connectivity index (χ3v) is 2.93. The van der Waals surface area contributed by atoms with E-state index in [0.29, 0.717) is 5.56 Å². The van der Waals surface area contributed by atoms with Gasteiger partial charge in [0.05, 0.1) is 6.61 Å². The summed E-state index contributed by atoms with van der Waals surface area (Å²) in [6, 6.07) is 2.75. The van der Waals surface area contributed by atoms with E-state index in [1.807, 2.05) is 4.72 Å². The van der Waals surface area contributed by atoms with Crippen LogP contribution in [0.5, 0.6) is 0 Å². The van der Waals surface area contributed by atoms with Crippen molar-refractivity contribution >= 4 is 16.0 Å². The Kier molecular flexibility index (Phi) is 5.95. The lowest BCUT2D eigenvalue weighted by Crippen LogP contribution is -2.37. The van der Waals surface area contributed by atoms with Crippen LogP contribution < -0.4 is 9.44 Å². The minimum absolute atomic E-state index is 0.112. The molecule has 0 aliphatic rings. The lowest BCUT2D eigenvalue weighted by molar-refractivity contribution is -0.121. The highest BCUT2D eigenvalue weighted by atomic mass is 32.2. The predicted molar refractivity (Wildman–Crippen MR) is 69.4 cm³/mol. The average molecular weight is 323 g/mol. The number of aliphatic hydroxyl groups excluding tert-OH is 1. The minimum Gasteiger partial charge on any atom is -0.395 e. The first-order chi connectivity index (χ1) is 9.72. The summed E-state index contributed by atoms with van der Waals surface area (Å²) in [7, 11) is -4.38. The molecule has 0 amide bonds. The zero-order chi connectivity index (χ0) is 15.9. The molecule has 10 heteroatoms. The molecule has 1 aromatic heterocycles. The fourth-order valence-corrected chi connectivity index (χ4v) is 1.95. The van der Waals surface area contributed by atoms with Crippen molar-refractivity contribution in [2.45, 2.75) is 12.6 Å². The molecule has 21 heavy (non-hydrogen) atoms. The number of nitrogens with one attached hydrogen (secondary N) is 2. The van der Waals surface area contributed by atoms with Gasteiger partial charge in [0.2, 0.25) is 0 Å². The van der Waals surface area contributed by atoms with Crippen molar-refractivity contribution in [1.82, 2.24) is 9.71 Å². The molecular formula is C11H12F3N3O3S. The molecule has 0 bridgehead atoms. The van der Waals surface area contributed by atoms with E-state index in [1.165, 1.54) is 23.1 Å². The number of hydrogen-bond donors (Lipinski definition) is 3. The molecule has 0 aromatic carbocycles. The Morgan fingerprint density at radius 1 is 1.38 bits per heavy atom. The molecule has 6 nitrogen and oxygen atoms in total. The van der Waals surface area contributed by atoms with Crippen molar-refractivity contribution < 1.29 is 26.7 Å². The second-order valence-corrected chi connectivity index (χ2v) is 5.25. The van der Waals surface area contributed by atoms with Gasteiger partial charge in [-0.05, 0) is 12.1 Å². The standard InChI is InChI=1S/C11H12F3N3O3S/c12-11(13,14)8-16-21(19,20)17-10-7-9(4-5-15-10)3-1-2-6-18/h4-5,7,16,18H,2,6,8H2,(H,15,17). The highest BCUT2D eigenvalue weighted by molar-refractivity contribution is 7.90. The number of halogens is 3. The van der Waals surface area contributed by atoms with Crippen LogP contribution >= 0.6 is 0 Å². The van der Waals surface area contributed by atoms with Gasteiger partial charge in [-0.1, -0.05) is 11.8 Å². The Balaban J connectivity index is 2.75. The number of aromatic nitrogens is 1. The largest absolute Gasteiger partial charge is 0.402 e. The van der Waals surface area contributed by atoms with E-state index in [9.17, 15) is 21.6 Å². The number of rotatable bonds is 5. The first-order valence-electron chi connectivity index (χ1n) is 5.62. The third kappa shape index (κ3) is 7.50. The summed E-state index contributed by atoms with van der Waals surface area (Å²) in [4.78, 5) is 3.67. The summed E-state index contributed by atoms with van der Waals surface area (Å²) in [5.74, 6) is 5.09. The topological polar surface area (TPSA) is 91.3 Å². The van der Waals surface area contributed by atoms with E-state index in [1.54, 1.807) is 0 Å². The van der Waals surface area contributed by atoms with E-state index in [0.717, 1.165) is 0 Å². The molecule has 1 aromatic rings. The molecular weight excluding hydrogens is 311 g/mol. The van der Waals surface area contributed by atoms with Crippen LogP contribution in [0.25, 0.3) is 0 Å². The van der Waals surface area contributed by atoms with Crippen molar-refractivity contribution in [3.63, 3.8) is 0 Å². The van der Waals surface area contributed by atoms with Crippen LogP contribution in [0.4, 0.5) is 19.0 Å². The van der Waals surface area contributed by atoms with Crippen LogP contribution in [0, 0.1) is 11.8 Å². The van der Waals surface area contributed by atoms with Crippen molar-refractivity contribution in [1.29, 1.82) is 0 Å². The Hall–Kier alpha value is -1.83. The van der Waals surface area contributed by atoms with E-state index in [4.69, 9.17) is 5.11 Å². The number of aliphatic hydroxyl groups is 1. The zero-order valence-corrected chi connectivity index (χ0v) is 11.4. The Labute approximate surface area is 119 Å². The maximum Gasteiger partial charge on any atom is 0.402 e. The molecule has 116 valence electrons. The maximum atomic E-state index is 12.0. The van der Waals surface area contributed by atoms with Crippen molar-refractivity contribution in [2.75, 3.05) is 17.9 Å². The maximum absolute atomic E-state index is 12.0. The molecule has 1 heterocycles. The fraction of sp³-hybridized carbons (Fsp3) is 0.364. The summed E-state index contributed by atoms with van der Waals surface area (Å²) in [5.41, 5.74) is 0.409. The lowest BCUT2D eigenvalue weighted by Gasteiger charge is -2.10. The lowest BCUT2D eigenvalue weighted by atomic mass is 10.2. The average Bonchev–Trinajstić information content (AvgIpc) is 2.36. The molecule has 0 spiro atoms. The van der Waals surface area contributed by atoms with Gasteiger partial charge >= 0.3 is 16.4 Å². The van der Waals surface area contributed by atoms with Crippen molar-refractivity contribution in [2.24, 2.45) is 0 Å². The second kappa shape index (κ2) is 7.26. The van der Waals surface area contributed by atoms with Gasteiger partial charge in [-0.2, -0.15) is 26.3 Å².